The lowest BCUT2D eigenvalue weighted by Crippen LogP contribution is -2.30. The molecule has 0 saturated heterocycles. The van der Waals surface area contributed by atoms with E-state index in [9.17, 15) is 26.4 Å². The summed E-state index contributed by atoms with van der Waals surface area (Å²) in [5, 5.41) is 2.50. The first-order valence-corrected chi connectivity index (χ1v) is 9.08. The van der Waals surface area contributed by atoms with Crippen molar-refractivity contribution in [3.05, 3.63) is 59.7 Å². The summed E-state index contributed by atoms with van der Waals surface area (Å²) >= 11 is 0. The zero-order valence-electron chi connectivity index (χ0n) is 14.0. The SMILES string of the molecule is CC(C)NS(=O)(=O)c1ccc(NC(=O)c2ccc(C(F)(F)F)cc2)cc1. The third-order valence-corrected chi connectivity index (χ3v) is 4.96. The van der Waals surface area contributed by atoms with Crippen LogP contribution in [-0.4, -0.2) is 20.4 Å². The topological polar surface area (TPSA) is 75.3 Å². The van der Waals surface area contributed by atoms with Gasteiger partial charge in [0.1, 0.15) is 0 Å². The van der Waals surface area contributed by atoms with Crippen LogP contribution in [0.4, 0.5) is 18.9 Å². The normalized spacial score (nSPS) is 12.2. The van der Waals surface area contributed by atoms with Gasteiger partial charge in [0.05, 0.1) is 10.5 Å². The minimum atomic E-state index is -4.47. The fraction of sp³-hybridized carbons (Fsp3) is 0.235. The molecule has 0 aliphatic carbocycles. The number of amides is 1. The van der Waals surface area contributed by atoms with E-state index in [1.54, 1.807) is 13.8 Å². The highest BCUT2D eigenvalue weighted by atomic mass is 32.2. The number of rotatable bonds is 5. The zero-order valence-corrected chi connectivity index (χ0v) is 14.8. The molecule has 26 heavy (non-hydrogen) atoms. The Labute approximate surface area is 149 Å². The summed E-state index contributed by atoms with van der Waals surface area (Å²) in [6.07, 6.45) is -4.47. The molecule has 0 bridgehead atoms. The lowest BCUT2D eigenvalue weighted by Gasteiger charge is -2.11. The Morgan fingerprint density at radius 1 is 0.962 bits per heavy atom. The standard InChI is InChI=1S/C17H17F3N2O3S/c1-11(2)22-26(24,25)15-9-7-14(8-10-15)21-16(23)12-3-5-13(6-4-12)17(18,19)20/h3-11,22H,1-2H3,(H,21,23). The number of sulfonamides is 1. The number of hydrogen-bond acceptors (Lipinski definition) is 3. The maximum absolute atomic E-state index is 12.5. The third-order valence-electron chi connectivity index (χ3n) is 3.29. The molecular formula is C17H17F3N2O3S. The summed E-state index contributed by atoms with van der Waals surface area (Å²) in [5.41, 5.74) is -0.476. The largest absolute Gasteiger partial charge is 0.416 e. The van der Waals surface area contributed by atoms with Gasteiger partial charge in [-0.1, -0.05) is 0 Å². The van der Waals surface area contributed by atoms with Crippen molar-refractivity contribution in [1.29, 1.82) is 0 Å². The van der Waals surface area contributed by atoms with Crippen LogP contribution in [0.5, 0.6) is 0 Å². The van der Waals surface area contributed by atoms with E-state index in [2.05, 4.69) is 10.0 Å². The first-order chi connectivity index (χ1) is 12.0. The van der Waals surface area contributed by atoms with Crippen molar-refractivity contribution in [1.82, 2.24) is 4.72 Å². The Morgan fingerprint density at radius 3 is 1.96 bits per heavy atom. The van der Waals surface area contributed by atoms with Crippen LogP contribution in [0.15, 0.2) is 53.4 Å². The molecule has 0 aromatic heterocycles. The molecule has 0 radical (unpaired) electrons. The third kappa shape index (κ3) is 5.06. The molecule has 0 saturated carbocycles. The van der Waals surface area contributed by atoms with Crippen molar-refractivity contribution < 1.29 is 26.4 Å². The van der Waals surface area contributed by atoms with Crippen LogP contribution in [0, 0.1) is 0 Å². The van der Waals surface area contributed by atoms with Crippen molar-refractivity contribution in [2.24, 2.45) is 0 Å². The van der Waals surface area contributed by atoms with Gasteiger partial charge in [0.15, 0.2) is 0 Å². The van der Waals surface area contributed by atoms with Gasteiger partial charge in [-0.25, -0.2) is 13.1 Å². The van der Waals surface area contributed by atoms with Gasteiger partial charge in [-0.15, -0.1) is 0 Å². The second-order valence-corrected chi connectivity index (χ2v) is 7.54. The van der Waals surface area contributed by atoms with Gasteiger partial charge < -0.3 is 5.32 Å². The van der Waals surface area contributed by atoms with Gasteiger partial charge in [-0.2, -0.15) is 13.2 Å². The number of hydrogen-bond donors (Lipinski definition) is 2. The molecule has 0 heterocycles. The molecular weight excluding hydrogens is 369 g/mol. The highest BCUT2D eigenvalue weighted by molar-refractivity contribution is 7.89. The zero-order chi connectivity index (χ0) is 19.5. The average molecular weight is 386 g/mol. The number of nitrogens with one attached hydrogen (secondary N) is 2. The van der Waals surface area contributed by atoms with E-state index in [1.807, 2.05) is 0 Å². The summed E-state index contributed by atoms with van der Waals surface area (Å²) in [6, 6.07) is 8.98. The minimum Gasteiger partial charge on any atom is -0.322 e. The van der Waals surface area contributed by atoms with Crippen LogP contribution in [0.1, 0.15) is 29.8 Å². The molecule has 0 atom stereocenters. The highest BCUT2D eigenvalue weighted by Gasteiger charge is 2.30. The number of alkyl halides is 3. The first kappa shape index (κ1) is 19.9. The fourth-order valence-corrected chi connectivity index (χ4v) is 3.36. The van der Waals surface area contributed by atoms with Crippen LogP contribution in [-0.2, 0) is 16.2 Å². The monoisotopic (exact) mass is 386 g/mol. The number of benzene rings is 2. The van der Waals surface area contributed by atoms with Gasteiger partial charge in [0.25, 0.3) is 5.91 Å². The maximum atomic E-state index is 12.5. The molecule has 0 fully saturated rings. The Morgan fingerprint density at radius 2 is 1.50 bits per heavy atom. The van der Waals surface area contributed by atoms with Gasteiger partial charge in [-0.3, -0.25) is 4.79 Å². The summed E-state index contributed by atoms with van der Waals surface area (Å²) in [6.45, 7) is 3.38. The maximum Gasteiger partial charge on any atom is 0.416 e. The van der Waals surface area contributed by atoms with E-state index in [1.165, 1.54) is 24.3 Å². The fourth-order valence-electron chi connectivity index (χ4n) is 2.11. The van der Waals surface area contributed by atoms with Crippen LogP contribution in [0.3, 0.4) is 0 Å². The Bertz CT molecular complexity index is 875. The number of carbonyl (C=O) groups is 1. The molecule has 140 valence electrons. The quantitative estimate of drug-likeness (QED) is 0.824. The summed E-state index contributed by atoms with van der Waals surface area (Å²) in [4.78, 5) is 12.1. The van der Waals surface area contributed by atoms with E-state index in [4.69, 9.17) is 0 Å². The molecule has 0 aliphatic heterocycles. The van der Waals surface area contributed by atoms with E-state index in [-0.39, 0.29) is 16.5 Å². The highest BCUT2D eigenvalue weighted by Crippen LogP contribution is 2.29. The molecule has 2 aromatic rings. The van der Waals surface area contributed by atoms with Gasteiger partial charge >= 0.3 is 6.18 Å². The van der Waals surface area contributed by atoms with E-state index >= 15 is 0 Å². The van der Waals surface area contributed by atoms with Crippen molar-refractivity contribution in [2.45, 2.75) is 31.0 Å². The summed E-state index contributed by atoms with van der Waals surface area (Å²) in [7, 11) is -3.64. The lowest BCUT2D eigenvalue weighted by atomic mass is 10.1. The van der Waals surface area contributed by atoms with Crippen LogP contribution in [0.25, 0.3) is 0 Å². The molecule has 2 aromatic carbocycles. The summed E-state index contributed by atoms with van der Waals surface area (Å²) in [5.74, 6) is -0.602. The van der Waals surface area contributed by atoms with Crippen molar-refractivity contribution >= 4 is 21.6 Å². The average Bonchev–Trinajstić information content (AvgIpc) is 2.53. The van der Waals surface area contributed by atoms with E-state index in [0.29, 0.717) is 5.69 Å². The van der Waals surface area contributed by atoms with Gasteiger partial charge in [0.2, 0.25) is 10.0 Å². The minimum absolute atomic E-state index is 0.0405. The van der Waals surface area contributed by atoms with Crippen molar-refractivity contribution in [3.63, 3.8) is 0 Å². The molecule has 1 amide bonds. The second kappa shape index (κ2) is 7.46. The van der Waals surface area contributed by atoms with Crippen molar-refractivity contribution in [3.8, 4) is 0 Å². The van der Waals surface area contributed by atoms with Crippen LogP contribution < -0.4 is 10.0 Å². The van der Waals surface area contributed by atoms with Crippen LogP contribution in [0.2, 0.25) is 0 Å². The van der Waals surface area contributed by atoms with Gasteiger partial charge in [0, 0.05) is 17.3 Å². The second-order valence-electron chi connectivity index (χ2n) is 5.83. The number of anilines is 1. The molecule has 5 nitrogen and oxygen atoms in total. The molecule has 9 heteroatoms. The smallest absolute Gasteiger partial charge is 0.322 e. The number of carbonyl (C=O) groups excluding carboxylic acids is 1. The molecule has 0 spiro atoms. The summed E-state index contributed by atoms with van der Waals surface area (Å²) < 4.78 is 64.1. The predicted molar refractivity (Wildman–Crippen MR) is 91.3 cm³/mol. The van der Waals surface area contributed by atoms with E-state index in [0.717, 1.165) is 24.3 Å². The molecule has 2 rings (SSSR count). The molecule has 0 aliphatic rings. The van der Waals surface area contributed by atoms with E-state index < -0.39 is 27.7 Å². The van der Waals surface area contributed by atoms with Crippen LogP contribution >= 0.6 is 0 Å². The predicted octanol–water partition coefficient (Wildman–Crippen LogP) is 3.64. The first-order valence-electron chi connectivity index (χ1n) is 7.60. The lowest BCUT2D eigenvalue weighted by molar-refractivity contribution is -0.137. The number of halogens is 3. The Kier molecular flexibility index (Phi) is 5.72. The Balaban J connectivity index is 2.10. The van der Waals surface area contributed by atoms with Crippen molar-refractivity contribution in [2.75, 3.05) is 5.32 Å². The van der Waals surface area contributed by atoms with Gasteiger partial charge in [-0.05, 0) is 62.4 Å². The molecule has 0 unspecified atom stereocenters. The Hall–Kier alpha value is -2.39. The molecule has 2 N–H and O–H groups in total.